The van der Waals surface area contributed by atoms with Crippen LogP contribution < -0.4 is 10.6 Å². The number of carbonyl (C=O) groups is 2. The number of carbonyl (C=O) groups excluding carboxylic acids is 2. The molecule has 178 valence electrons. The predicted octanol–water partition coefficient (Wildman–Crippen LogP) is 3.21. The number of aliphatic hydroxyl groups excluding tert-OH is 1. The molecule has 1 aromatic carbocycles. The molecule has 0 spiro atoms. The van der Waals surface area contributed by atoms with Crippen LogP contribution >= 0.6 is 0 Å². The zero-order chi connectivity index (χ0) is 24.2. The van der Waals surface area contributed by atoms with E-state index < -0.39 is 12.0 Å². The lowest BCUT2D eigenvalue weighted by Gasteiger charge is -2.27. The molecule has 3 N–H and O–H groups in total. The number of benzene rings is 1. The first-order valence-electron chi connectivity index (χ1n) is 11.1. The summed E-state index contributed by atoms with van der Waals surface area (Å²) in [6.45, 7) is 5.71. The molecule has 34 heavy (non-hydrogen) atoms. The van der Waals surface area contributed by atoms with Gasteiger partial charge in [-0.25, -0.2) is 9.48 Å². The Balaban J connectivity index is 1.64. The van der Waals surface area contributed by atoms with E-state index >= 15 is 0 Å². The number of rotatable bonds is 8. The SMILES string of the molecule is CCOC(=O)c1ccc(NC(=O)C2=C(C)Nc3nc(CCCO)nn3C2c2ccc(C)o2)cc1. The van der Waals surface area contributed by atoms with E-state index in [0.29, 0.717) is 58.7 Å². The molecular formula is C24H27N5O5. The van der Waals surface area contributed by atoms with Gasteiger partial charge in [0.2, 0.25) is 5.95 Å². The van der Waals surface area contributed by atoms with Gasteiger partial charge in [0.15, 0.2) is 5.82 Å². The average molecular weight is 466 g/mol. The summed E-state index contributed by atoms with van der Waals surface area (Å²) in [6.07, 6.45) is 1.05. The van der Waals surface area contributed by atoms with Crippen LogP contribution in [-0.2, 0) is 16.0 Å². The Bertz CT molecular complexity index is 1220. The van der Waals surface area contributed by atoms with Crippen LogP contribution in [0.3, 0.4) is 0 Å². The van der Waals surface area contributed by atoms with Crippen LogP contribution in [0.2, 0.25) is 0 Å². The zero-order valence-corrected chi connectivity index (χ0v) is 19.3. The van der Waals surface area contributed by atoms with Crippen molar-refractivity contribution < 1.29 is 23.8 Å². The summed E-state index contributed by atoms with van der Waals surface area (Å²) in [6, 6.07) is 9.53. The average Bonchev–Trinajstić information content (AvgIpc) is 3.42. The normalized spacial score (nSPS) is 15.0. The number of fused-ring (bicyclic) bond motifs is 1. The van der Waals surface area contributed by atoms with Crippen LogP contribution in [0.25, 0.3) is 0 Å². The number of aryl methyl sites for hydroxylation is 2. The molecule has 0 saturated heterocycles. The van der Waals surface area contributed by atoms with Crippen LogP contribution in [-0.4, -0.2) is 45.0 Å². The van der Waals surface area contributed by atoms with Crippen molar-refractivity contribution in [2.45, 2.75) is 39.7 Å². The van der Waals surface area contributed by atoms with E-state index in [1.165, 1.54) is 0 Å². The molecule has 10 nitrogen and oxygen atoms in total. The number of hydrogen-bond acceptors (Lipinski definition) is 8. The van der Waals surface area contributed by atoms with Crippen LogP contribution in [0.5, 0.6) is 0 Å². The van der Waals surface area contributed by atoms with Crippen molar-refractivity contribution in [2.75, 3.05) is 23.8 Å². The number of ether oxygens (including phenoxy) is 1. The van der Waals surface area contributed by atoms with Crippen LogP contribution in [0.1, 0.15) is 54.0 Å². The van der Waals surface area contributed by atoms with Gasteiger partial charge in [0, 0.05) is 24.4 Å². The summed E-state index contributed by atoms with van der Waals surface area (Å²) < 4.78 is 12.5. The summed E-state index contributed by atoms with van der Waals surface area (Å²) in [5.74, 6) is 1.57. The maximum atomic E-state index is 13.4. The van der Waals surface area contributed by atoms with E-state index in [2.05, 4.69) is 20.7 Å². The van der Waals surface area contributed by atoms with Crippen LogP contribution in [0.4, 0.5) is 11.6 Å². The van der Waals surface area contributed by atoms with Gasteiger partial charge in [-0.1, -0.05) is 0 Å². The molecule has 0 radical (unpaired) electrons. The summed E-state index contributed by atoms with van der Waals surface area (Å²) >= 11 is 0. The fourth-order valence-electron chi connectivity index (χ4n) is 3.80. The summed E-state index contributed by atoms with van der Waals surface area (Å²) in [5.41, 5.74) is 1.98. The number of nitrogens with one attached hydrogen (secondary N) is 2. The molecule has 1 aliphatic rings. The number of furan rings is 1. The van der Waals surface area contributed by atoms with Crippen molar-refractivity contribution in [2.24, 2.45) is 0 Å². The third-order valence-corrected chi connectivity index (χ3v) is 5.38. The lowest BCUT2D eigenvalue weighted by atomic mass is 10.00. The predicted molar refractivity (Wildman–Crippen MR) is 124 cm³/mol. The highest BCUT2D eigenvalue weighted by Gasteiger charge is 2.36. The fourth-order valence-corrected chi connectivity index (χ4v) is 3.80. The number of amides is 1. The van der Waals surface area contributed by atoms with Crippen molar-refractivity contribution in [3.63, 3.8) is 0 Å². The van der Waals surface area contributed by atoms with Crippen LogP contribution in [0, 0.1) is 6.92 Å². The zero-order valence-electron chi connectivity index (χ0n) is 19.3. The fraction of sp³-hybridized carbons (Fsp3) is 0.333. The largest absolute Gasteiger partial charge is 0.464 e. The molecule has 2 aromatic heterocycles. The van der Waals surface area contributed by atoms with Gasteiger partial charge in [0.05, 0.1) is 17.7 Å². The summed E-state index contributed by atoms with van der Waals surface area (Å²) in [4.78, 5) is 29.8. The molecule has 4 rings (SSSR count). The number of aromatic nitrogens is 3. The standard InChI is InChI=1S/C24H27N5O5/c1-4-33-23(32)16-8-10-17(11-9-16)26-22(31)20-15(3)25-24-27-19(6-5-13-30)28-29(24)21(20)18-12-7-14(2)34-18/h7-12,21,30H,4-6,13H2,1-3H3,(H,26,31)(H,25,27,28). The lowest BCUT2D eigenvalue weighted by Crippen LogP contribution is -2.31. The van der Waals surface area contributed by atoms with Gasteiger partial charge in [0.25, 0.3) is 5.91 Å². The second kappa shape index (κ2) is 9.92. The van der Waals surface area contributed by atoms with Crippen molar-refractivity contribution in [1.82, 2.24) is 14.8 Å². The third kappa shape index (κ3) is 4.72. The van der Waals surface area contributed by atoms with Gasteiger partial charge in [0.1, 0.15) is 17.6 Å². The Morgan fingerprint density at radius 1 is 1.21 bits per heavy atom. The highest BCUT2D eigenvalue weighted by molar-refractivity contribution is 6.06. The lowest BCUT2D eigenvalue weighted by molar-refractivity contribution is -0.113. The van der Waals surface area contributed by atoms with E-state index in [9.17, 15) is 9.59 Å². The maximum Gasteiger partial charge on any atom is 0.338 e. The molecule has 1 unspecified atom stereocenters. The van der Waals surface area contributed by atoms with Gasteiger partial charge in [-0.15, -0.1) is 0 Å². The number of hydrogen-bond donors (Lipinski definition) is 3. The van der Waals surface area contributed by atoms with Crippen molar-refractivity contribution in [3.8, 4) is 0 Å². The third-order valence-electron chi connectivity index (χ3n) is 5.38. The minimum Gasteiger partial charge on any atom is -0.464 e. The molecule has 1 amide bonds. The Labute approximate surface area is 196 Å². The molecule has 0 fully saturated rings. The first kappa shape index (κ1) is 23.2. The first-order valence-corrected chi connectivity index (χ1v) is 11.1. The molecule has 1 atom stereocenters. The molecule has 3 heterocycles. The Hall–Kier alpha value is -3.92. The molecule has 10 heteroatoms. The monoisotopic (exact) mass is 465 g/mol. The van der Waals surface area contributed by atoms with E-state index in [1.54, 1.807) is 42.8 Å². The smallest absolute Gasteiger partial charge is 0.338 e. The Morgan fingerprint density at radius 2 is 1.97 bits per heavy atom. The quantitative estimate of drug-likeness (QED) is 0.432. The second-order valence-corrected chi connectivity index (χ2v) is 7.89. The minimum atomic E-state index is -0.626. The highest BCUT2D eigenvalue weighted by atomic mass is 16.5. The van der Waals surface area contributed by atoms with E-state index in [1.807, 2.05) is 19.1 Å². The number of aliphatic hydroxyl groups is 1. The molecule has 0 bridgehead atoms. The van der Waals surface area contributed by atoms with E-state index in [4.69, 9.17) is 14.3 Å². The Kier molecular flexibility index (Phi) is 6.78. The molecule has 0 aliphatic carbocycles. The van der Waals surface area contributed by atoms with Crippen molar-refractivity contribution in [1.29, 1.82) is 0 Å². The summed E-state index contributed by atoms with van der Waals surface area (Å²) in [5, 5.41) is 19.8. The summed E-state index contributed by atoms with van der Waals surface area (Å²) in [7, 11) is 0. The second-order valence-electron chi connectivity index (χ2n) is 7.89. The van der Waals surface area contributed by atoms with E-state index in [-0.39, 0.29) is 19.1 Å². The van der Waals surface area contributed by atoms with Gasteiger partial charge in [-0.2, -0.15) is 10.1 Å². The van der Waals surface area contributed by atoms with Gasteiger partial charge < -0.3 is 24.9 Å². The van der Waals surface area contributed by atoms with Crippen molar-refractivity contribution >= 4 is 23.5 Å². The maximum absolute atomic E-state index is 13.4. The number of allylic oxidation sites excluding steroid dienone is 1. The topological polar surface area (TPSA) is 132 Å². The first-order chi connectivity index (χ1) is 16.4. The Morgan fingerprint density at radius 3 is 2.62 bits per heavy atom. The molecule has 0 saturated carbocycles. The minimum absolute atomic E-state index is 0.0397. The van der Waals surface area contributed by atoms with Crippen molar-refractivity contribution in [3.05, 3.63) is 70.6 Å². The van der Waals surface area contributed by atoms with Gasteiger partial charge in [-0.3, -0.25) is 4.79 Å². The molecule has 3 aromatic rings. The highest BCUT2D eigenvalue weighted by Crippen LogP contribution is 2.36. The number of nitrogens with zero attached hydrogens (tertiary/aromatic N) is 3. The van der Waals surface area contributed by atoms with E-state index in [0.717, 1.165) is 0 Å². The van der Waals surface area contributed by atoms with Crippen LogP contribution in [0.15, 0.2) is 52.1 Å². The van der Waals surface area contributed by atoms with Gasteiger partial charge in [-0.05, 0) is 63.6 Å². The number of esters is 1. The van der Waals surface area contributed by atoms with Gasteiger partial charge >= 0.3 is 5.97 Å². The molecular weight excluding hydrogens is 438 g/mol. The number of anilines is 2. The molecule has 1 aliphatic heterocycles.